The third-order valence-electron chi connectivity index (χ3n) is 2.78. The van der Waals surface area contributed by atoms with Gasteiger partial charge in [-0.25, -0.2) is 0 Å². The van der Waals surface area contributed by atoms with Gasteiger partial charge < -0.3 is 14.7 Å². The number of para-hydroxylation sites is 1. The molecule has 1 aromatic carbocycles. The summed E-state index contributed by atoms with van der Waals surface area (Å²) in [6.45, 7) is 1.07. The summed E-state index contributed by atoms with van der Waals surface area (Å²) in [5.74, 6) is 3.02. The van der Waals surface area contributed by atoms with Gasteiger partial charge in [0.05, 0.1) is 26.8 Å². The summed E-state index contributed by atoms with van der Waals surface area (Å²) in [5.41, 5.74) is 0.897. The zero-order chi connectivity index (χ0) is 14.8. The van der Waals surface area contributed by atoms with Crippen LogP contribution in [0.1, 0.15) is 5.56 Å². The van der Waals surface area contributed by atoms with Crippen LogP contribution in [0.4, 0.5) is 0 Å². The molecule has 0 fully saturated rings. The van der Waals surface area contributed by atoms with Crippen molar-refractivity contribution in [3.05, 3.63) is 29.8 Å². The number of nitrogens with zero attached hydrogens (tertiary/aromatic N) is 1. The molecule has 0 aliphatic carbocycles. The lowest BCUT2D eigenvalue weighted by Crippen LogP contribution is -2.39. The summed E-state index contributed by atoms with van der Waals surface area (Å²) >= 11 is 0. The van der Waals surface area contributed by atoms with E-state index in [0.29, 0.717) is 13.1 Å². The molecule has 0 saturated heterocycles. The van der Waals surface area contributed by atoms with E-state index in [0.717, 1.165) is 11.3 Å². The molecule has 5 nitrogen and oxygen atoms in total. The van der Waals surface area contributed by atoms with Crippen molar-refractivity contribution in [3.8, 4) is 18.1 Å². The molecule has 1 amide bonds. The van der Waals surface area contributed by atoms with Crippen LogP contribution in [-0.4, -0.2) is 49.3 Å². The van der Waals surface area contributed by atoms with Gasteiger partial charge in [-0.3, -0.25) is 10.1 Å². The van der Waals surface area contributed by atoms with Gasteiger partial charge in [-0.15, -0.1) is 6.42 Å². The lowest BCUT2D eigenvalue weighted by molar-refractivity contribution is -0.131. The van der Waals surface area contributed by atoms with Crippen molar-refractivity contribution in [2.24, 2.45) is 0 Å². The van der Waals surface area contributed by atoms with Crippen molar-refractivity contribution in [2.45, 2.75) is 6.54 Å². The SMILES string of the molecule is C#CCNCC(=O)N(CCO)Cc1ccccc1OC. The summed E-state index contributed by atoms with van der Waals surface area (Å²) in [7, 11) is 1.59. The molecule has 0 saturated carbocycles. The zero-order valence-corrected chi connectivity index (χ0v) is 11.6. The standard InChI is InChI=1S/C15H20N2O3/c1-3-8-16-11-15(19)17(9-10-18)12-13-6-4-5-7-14(13)20-2/h1,4-7,16,18H,8-12H2,2H3. The van der Waals surface area contributed by atoms with E-state index in [1.165, 1.54) is 0 Å². The molecule has 0 aliphatic heterocycles. The number of aliphatic hydroxyl groups is 1. The summed E-state index contributed by atoms with van der Waals surface area (Å²) in [4.78, 5) is 13.6. The Labute approximate surface area is 119 Å². The van der Waals surface area contributed by atoms with Crippen LogP contribution in [0.3, 0.4) is 0 Å². The van der Waals surface area contributed by atoms with E-state index in [1.54, 1.807) is 12.0 Å². The molecule has 0 atom stereocenters. The second-order valence-electron chi connectivity index (χ2n) is 4.16. The van der Waals surface area contributed by atoms with Gasteiger partial charge in [0, 0.05) is 18.7 Å². The summed E-state index contributed by atoms with van der Waals surface area (Å²) in [6.07, 6.45) is 5.12. The first-order chi connectivity index (χ1) is 9.72. The predicted octanol–water partition coefficient (Wildman–Crippen LogP) is 0.239. The first-order valence-electron chi connectivity index (χ1n) is 6.37. The molecule has 0 heterocycles. The van der Waals surface area contributed by atoms with Crippen LogP contribution in [0.2, 0.25) is 0 Å². The Morgan fingerprint density at radius 1 is 1.50 bits per heavy atom. The van der Waals surface area contributed by atoms with E-state index in [9.17, 15) is 4.79 Å². The Kier molecular flexibility index (Phi) is 7.18. The Balaban J connectivity index is 2.71. The Morgan fingerprint density at radius 2 is 2.25 bits per heavy atom. The second kappa shape index (κ2) is 8.97. The molecular weight excluding hydrogens is 256 g/mol. The van der Waals surface area contributed by atoms with Crippen molar-refractivity contribution in [2.75, 3.05) is 33.4 Å². The number of rotatable bonds is 8. The van der Waals surface area contributed by atoms with Gasteiger partial charge >= 0.3 is 0 Å². The van der Waals surface area contributed by atoms with Gasteiger partial charge in [-0.1, -0.05) is 24.1 Å². The Hall–Kier alpha value is -2.03. The number of hydrogen-bond donors (Lipinski definition) is 2. The maximum absolute atomic E-state index is 12.1. The van der Waals surface area contributed by atoms with Gasteiger partial charge in [-0.2, -0.15) is 0 Å². The summed E-state index contributed by atoms with van der Waals surface area (Å²) in [6, 6.07) is 7.49. The molecule has 20 heavy (non-hydrogen) atoms. The average Bonchev–Trinajstić information content (AvgIpc) is 2.47. The van der Waals surface area contributed by atoms with Crippen molar-refractivity contribution < 1.29 is 14.6 Å². The van der Waals surface area contributed by atoms with E-state index in [1.807, 2.05) is 24.3 Å². The molecule has 0 aliphatic rings. The van der Waals surface area contributed by atoms with Crippen molar-refractivity contribution in [1.82, 2.24) is 10.2 Å². The minimum atomic E-state index is -0.111. The quantitative estimate of drug-likeness (QED) is 0.527. The molecule has 0 aromatic heterocycles. The molecule has 1 rings (SSSR count). The predicted molar refractivity (Wildman–Crippen MR) is 77.2 cm³/mol. The number of aliphatic hydroxyl groups excluding tert-OH is 1. The highest BCUT2D eigenvalue weighted by atomic mass is 16.5. The average molecular weight is 276 g/mol. The minimum absolute atomic E-state index is 0.0873. The van der Waals surface area contributed by atoms with E-state index in [4.69, 9.17) is 16.3 Å². The zero-order valence-electron chi connectivity index (χ0n) is 11.6. The molecule has 2 N–H and O–H groups in total. The molecular formula is C15H20N2O3. The van der Waals surface area contributed by atoms with E-state index >= 15 is 0 Å². The number of benzene rings is 1. The number of carbonyl (C=O) groups is 1. The van der Waals surface area contributed by atoms with Crippen LogP contribution in [0, 0.1) is 12.3 Å². The molecule has 0 radical (unpaired) electrons. The van der Waals surface area contributed by atoms with Crippen LogP contribution < -0.4 is 10.1 Å². The van der Waals surface area contributed by atoms with Crippen LogP contribution in [-0.2, 0) is 11.3 Å². The van der Waals surface area contributed by atoms with Crippen LogP contribution in [0.15, 0.2) is 24.3 Å². The molecule has 1 aromatic rings. The fraction of sp³-hybridized carbons (Fsp3) is 0.400. The number of ether oxygens (including phenoxy) is 1. The monoisotopic (exact) mass is 276 g/mol. The highest BCUT2D eigenvalue weighted by molar-refractivity contribution is 5.78. The smallest absolute Gasteiger partial charge is 0.236 e. The topological polar surface area (TPSA) is 61.8 Å². The van der Waals surface area contributed by atoms with Gasteiger partial charge in [0.15, 0.2) is 0 Å². The summed E-state index contributed by atoms with van der Waals surface area (Å²) in [5, 5.41) is 11.9. The maximum Gasteiger partial charge on any atom is 0.236 e. The third kappa shape index (κ3) is 4.92. The first kappa shape index (κ1) is 16.0. The molecule has 5 heteroatoms. The van der Waals surface area contributed by atoms with E-state index in [-0.39, 0.29) is 25.6 Å². The number of hydrogen-bond acceptors (Lipinski definition) is 4. The molecule has 0 unspecified atom stereocenters. The number of nitrogens with one attached hydrogen (secondary N) is 1. The highest BCUT2D eigenvalue weighted by Gasteiger charge is 2.14. The second-order valence-corrected chi connectivity index (χ2v) is 4.16. The largest absolute Gasteiger partial charge is 0.496 e. The maximum atomic E-state index is 12.1. The number of carbonyl (C=O) groups excluding carboxylic acids is 1. The lowest BCUT2D eigenvalue weighted by Gasteiger charge is -2.23. The van der Waals surface area contributed by atoms with Gasteiger partial charge in [0.1, 0.15) is 5.75 Å². The van der Waals surface area contributed by atoms with Gasteiger partial charge in [-0.05, 0) is 6.07 Å². The molecule has 0 spiro atoms. The first-order valence-corrected chi connectivity index (χ1v) is 6.37. The van der Waals surface area contributed by atoms with Crippen molar-refractivity contribution in [3.63, 3.8) is 0 Å². The molecule has 0 bridgehead atoms. The lowest BCUT2D eigenvalue weighted by atomic mass is 10.2. The number of amides is 1. The normalized spacial score (nSPS) is 9.85. The molecule has 108 valence electrons. The summed E-state index contributed by atoms with van der Waals surface area (Å²) < 4.78 is 5.26. The number of terminal acetylenes is 1. The van der Waals surface area contributed by atoms with Crippen LogP contribution in [0.25, 0.3) is 0 Å². The number of methoxy groups -OCH3 is 1. The fourth-order valence-electron chi connectivity index (χ4n) is 1.81. The Morgan fingerprint density at radius 3 is 2.90 bits per heavy atom. The highest BCUT2D eigenvalue weighted by Crippen LogP contribution is 2.19. The third-order valence-corrected chi connectivity index (χ3v) is 2.78. The van der Waals surface area contributed by atoms with Gasteiger partial charge in [0.2, 0.25) is 5.91 Å². The van der Waals surface area contributed by atoms with Gasteiger partial charge in [0.25, 0.3) is 0 Å². The fourth-order valence-corrected chi connectivity index (χ4v) is 1.81. The van der Waals surface area contributed by atoms with Crippen molar-refractivity contribution in [1.29, 1.82) is 0 Å². The van der Waals surface area contributed by atoms with Crippen LogP contribution in [0.5, 0.6) is 5.75 Å². The van der Waals surface area contributed by atoms with Crippen molar-refractivity contribution >= 4 is 5.91 Å². The van der Waals surface area contributed by atoms with Crippen LogP contribution >= 0.6 is 0 Å². The van der Waals surface area contributed by atoms with E-state index in [2.05, 4.69) is 11.2 Å². The Bertz CT molecular complexity index is 468. The minimum Gasteiger partial charge on any atom is -0.496 e. The van der Waals surface area contributed by atoms with E-state index < -0.39 is 0 Å².